The first-order chi connectivity index (χ1) is 14.3. The summed E-state index contributed by atoms with van der Waals surface area (Å²) in [4.78, 5) is 16.6. The van der Waals surface area contributed by atoms with E-state index in [4.69, 9.17) is 14.7 Å². The molecule has 1 atom stereocenters. The highest BCUT2D eigenvalue weighted by molar-refractivity contribution is 7.20. The number of hydrogen-bond acceptors (Lipinski definition) is 6. The standard InChI is InChI=1S/C23H26N4O2S/c1-13-12-29-11-10-27(13)22-19-18(14(2)20(30-19)23(3,4)28)25-21(26-22)16-6-5-7-17-15(16)8-9-24-17/h5-9,13,24,28H,10-12H2,1-4H3/t13-/m1/s1. The lowest BCUT2D eigenvalue weighted by atomic mass is 10.0. The average Bonchev–Trinajstić information content (AvgIpc) is 3.32. The highest BCUT2D eigenvalue weighted by Crippen LogP contribution is 2.42. The van der Waals surface area contributed by atoms with Crippen molar-refractivity contribution >= 4 is 38.3 Å². The molecule has 0 unspecified atom stereocenters. The zero-order valence-electron chi connectivity index (χ0n) is 17.7. The molecule has 6 nitrogen and oxygen atoms in total. The van der Waals surface area contributed by atoms with Gasteiger partial charge in [-0.1, -0.05) is 12.1 Å². The van der Waals surface area contributed by atoms with Gasteiger partial charge >= 0.3 is 0 Å². The van der Waals surface area contributed by atoms with Crippen LogP contribution in [0.2, 0.25) is 0 Å². The predicted molar refractivity (Wildman–Crippen MR) is 122 cm³/mol. The summed E-state index contributed by atoms with van der Waals surface area (Å²) in [5.74, 6) is 1.64. The molecule has 0 aliphatic carbocycles. The number of fused-ring (bicyclic) bond motifs is 2. The van der Waals surface area contributed by atoms with Crippen molar-refractivity contribution in [3.63, 3.8) is 0 Å². The summed E-state index contributed by atoms with van der Waals surface area (Å²) in [5.41, 5.74) is 3.09. The Morgan fingerprint density at radius 1 is 1.27 bits per heavy atom. The van der Waals surface area contributed by atoms with Crippen LogP contribution >= 0.6 is 11.3 Å². The number of nitrogens with zero attached hydrogens (tertiary/aromatic N) is 3. The minimum Gasteiger partial charge on any atom is -0.385 e. The molecule has 0 bridgehead atoms. The third kappa shape index (κ3) is 3.09. The Bertz CT molecular complexity index is 1240. The van der Waals surface area contributed by atoms with E-state index >= 15 is 0 Å². The monoisotopic (exact) mass is 422 g/mol. The summed E-state index contributed by atoms with van der Waals surface area (Å²) < 4.78 is 6.70. The molecule has 1 aliphatic rings. The van der Waals surface area contributed by atoms with E-state index in [0.29, 0.717) is 19.0 Å². The highest BCUT2D eigenvalue weighted by atomic mass is 32.1. The van der Waals surface area contributed by atoms with Gasteiger partial charge in [-0.3, -0.25) is 0 Å². The van der Waals surface area contributed by atoms with Crippen LogP contribution in [0.5, 0.6) is 0 Å². The van der Waals surface area contributed by atoms with Crippen molar-refractivity contribution < 1.29 is 9.84 Å². The van der Waals surface area contributed by atoms with Gasteiger partial charge in [0.15, 0.2) is 11.6 Å². The fraction of sp³-hybridized carbons (Fsp3) is 0.391. The maximum Gasteiger partial charge on any atom is 0.162 e. The van der Waals surface area contributed by atoms with Gasteiger partial charge in [0, 0.05) is 34.1 Å². The molecule has 0 radical (unpaired) electrons. The number of morpholine rings is 1. The van der Waals surface area contributed by atoms with Gasteiger partial charge in [0.05, 0.1) is 35.1 Å². The number of hydrogen-bond donors (Lipinski definition) is 2. The first kappa shape index (κ1) is 19.5. The molecular weight excluding hydrogens is 396 g/mol. The number of H-pyrrole nitrogens is 1. The fourth-order valence-electron chi connectivity index (χ4n) is 4.29. The van der Waals surface area contributed by atoms with E-state index < -0.39 is 5.60 Å². The largest absolute Gasteiger partial charge is 0.385 e. The number of aryl methyl sites for hydroxylation is 1. The lowest BCUT2D eigenvalue weighted by molar-refractivity contribution is 0.0820. The van der Waals surface area contributed by atoms with Gasteiger partial charge in [0.25, 0.3) is 0 Å². The third-order valence-corrected chi connectivity index (χ3v) is 7.37. The summed E-state index contributed by atoms with van der Waals surface area (Å²) in [6.45, 7) is 10.0. The molecule has 156 valence electrons. The van der Waals surface area contributed by atoms with Crippen LogP contribution in [0.1, 0.15) is 31.2 Å². The van der Waals surface area contributed by atoms with Gasteiger partial charge in [-0.2, -0.15) is 0 Å². The van der Waals surface area contributed by atoms with Crippen molar-refractivity contribution in [1.29, 1.82) is 0 Å². The molecule has 2 N–H and O–H groups in total. The molecule has 3 aromatic heterocycles. The summed E-state index contributed by atoms with van der Waals surface area (Å²) in [6, 6.07) is 8.45. The van der Waals surface area contributed by atoms with Gasteiger partial charge in [0.1, 0.15) is 0 Å². The van der Waals surface area contributed by atoms with Gasteiger partial charge in [-0.15, -0.1) is 11.3 Å². The number of benzene rings is 1. The predicted octanol–water partition coefficient (Wildman–Crippen LogP) is 4.60. The molecule has 1 aliphatic heterocycles. The van der Waals surface area contributed by atoms with Crippen molar-refractivity contribution in [3.8, 4) is 11.4 Å². The Morgan fingerprint density at radius 2 is 2.10 bits per heavy atom. The lowest BCUT2D eigenvalue weighted by Gasteiger charge is -2.34. The van der Waals surface area contributed by atoms with Crippen LogP contribution < -0.4 is 4.90 Å². The Kier molecular flexibility index (Phi) is 4.57. The van der Waals surface area contributed by atoms with E-state index in [0.717, 1.165) is 49.5 Å². The Balaban J connectivity index is 1.81. The smallest absolute Gasteiger partial charge is 0.162 e. The van der Waals surface area contributed by atoms with Gasteiger partial charge in [-0.25, -0.2) is 9.97 Å². The summed E-state index contributed by atoms with van der Waals surface area (Å²) in [6.07, 6.45) is 1.94. The van der Waals surface area contributed by atoms with Crippen molar-refractivity contribution in [2.75, 3.05) is 24.7 Å². The second-order valence-electron chi connectivity index (χ2n) is 8.53. The lowest BCUT2D eigenvalue weighted by Crippen LogP contribution is -2.44. The SMILES string of the molecule is Cc1c(C(C)(C)O)sc2c(N3CCOC[C@H]3C)nc(-c3cccc4[nH]ccc34)nc12. The maximum absolute atomic E-state index is 10.7. The van der Waals surface area contributed by atoms with E-state index in [2.05, 4.69) is 35.0 Å². The minimum atomic E-state index is -0.926. The number of aromatic nitrogens is 3. The molecule has 1 aromatic carbocycles. The van der Waals surface area contributed by atoms with Crippen molar-refractivity contribution in [1.82, 2.24) is 15.0 Å². The van der Waals surface area contributed by atoms with E-state index in [1.54, 1.807) is 11.3 Å². The van der Waals surface area contributed by atoms with Crippen LogP contribution in [-0.2, 0) is 10.3 Å². The molecule has 7 heteroatoms. The maximum atomic E-state index is 10.7. The Morgan fingerprint density at radius 3 is 2.87 bits per heavy atom. The van der Waals surface area contributed by atoms with Gasteiger partial charge in [0.2, 0.25) is 0 Å². The van der Waals surface area contributed by atoms with E-state index in [9.17, 15) is 5.11 Å². The van der Waals surface area contributed by atoms with Crippen LogP contribution in [0, 0.1) is 6.92 Å². The van der Waals surface area contributed by atoms with Crippen LogP contribution in [0.4, 0.5) is 5.82 Å². The molecule has 1 fully saturated rings. The molecule has 1 saturated heterocycles. The number of aliphatic hydroxyl groups is 1. The summed E-state index contributed by atoms with van der Waals surface area (Å²) >= 11 is 1.60. The molecule has 4 heterocycles. The molecule has 0 saturated carbocycles. The highest BCUT2D eigenvalue weighted by Gasteiger charge is 2.29. The number of nitrogens with one attached hydrogen (secondary N) is 1. The molecule has 4 aromatic rings. The fourth-order valence-corrected chi connectivity index (χ4v) is 5.55. The third-order valence-electron chi connectivity index (χ3n) is 5.78. The van der Waals surface area contributed by atoms with Gasteiger partial charge in [-0.05, 0) is 45.4 Å². The zero-order valence-corrected chi connectivity index (χ0v) is 18.5. The van der Waals surface area contributed by atoms with Crippen LogP contribution in [0.3, 0.4) is 0 Å². The van der Waals surface area contributed by atoms with E-state index in [-0.39, 0.29) is 6.04 Å². The molecular formula is C23H26N4O2S. The average molecular weight is 423 g/mol. The molecule has 0 amide bonds. The van der Waals surface area contributed by atoms with E-state index in [1.165, 1.54) is 0 Å². The van der Waals surface area contributed by atoms with Gasteiger partial charge < -0.3 is 19.7 Å². The topological polar surface area (TPSA) is 74.3 Å². The first-order valence-electron chi connectivity index (χ1n) is 10.3. The number of thiophene rings is 1. The summed E-state index contributed by atoms with van der Waals surface area (Å²) in [7, 11) is 0. The summed E-state index contributed by atoms with van der Waals surface area (Å²) in [5, 5.41) is 11.9. The van der Waals surface area contributed by atoms with Crippen molar-refractivity contribution in [2.45, 2.75) is 39.3 Å². The number of aromatic amines is 1. The molecule has 5 rings (SSSR count). The second kappa shape index (κ2) is 7.04. The van der Waals surface area contributed by atoms with E-state index in [1.807, 2.05) is 33.0 Å². The Hall–Kier alpha value is -2.48. The quantitative estimate of drug-likeness (QED) is 0.505. The van der Waals surface area contributed by atoms with Crippen molar-refractivity contribution in [2.24, 2.45) is 0 Å². The molecule has 0 spiro atoms. The van der Waals surface area contributed by atoms with Crippen LogP contribution in [-0.4, -0.2) is 45.9 Å². The Labute approximate surface area is 179 Å². The minimum absolute atomic E-state index is 0.223. The number of rotatable bonds is 3. The normalized spacial score (nSPS) is 17.9. The zero-order chi connectivity index (χ0) is 21.0. The number of ether oxygens (including phenoxy) is 1. The first-order valence-corrected chi connectivity index (χ1v) is 11.1. The van der Waals surface area contributed by atoms with Crippen molar-refractivity contribution in [3.05, 3.63) is 40.9 Å². The van der Waals surface area contributed by atoms with Crippen LogP contribution in [0.15, 0.2) is 30.5 Å². The number of anilines is 1. The second-order valence-corrected chi connectivity index (χ2v) is 9.55. The van der Waals surface area contributed by atoms with Crippen LogP contribution in [0.25, 0.3) is 32.5 Å². The molecule has 30 heavy (non-hydrogen) atoms.